The summed E-state index contributed by atoms with van der Waals surface area (Å²) in [5.41, 5.74) is 5.74. The van der Waals surface area contributed by atoms with Crippen molar-refractivity contribution in [3.63, 3.8) is 0 Å². The molecule has 0 aromatic heterocycles. The zero-order chi connectivity index (χ0) is 48.2. The van der Waals surface area contributed by atoms with Crippen molar-refractivity contribution < 1.29 is 64.8 Å². The lowest BCUT2D eigenvalue weighted by molar-refractivity contribution is -0.138. The molecule has 8 rings (SSSR count). The van der Waals surface area contributed by atoms with E-state index in [-0.39, 0.29) is 43.2 Å². The lowest BCUT2D eigenvalue weighted by Gasteiger charge is -2.13. The van der Waals surface area contributed by atoms with Gasteiger partial charge in [-0.15, -0.1) is 0 Å². The number of carboxylic acid groups (broad SMARTS) is 1. The summed E-state index contributed by atoms with van der Waals surface area (Å²) in [7, 11) is 1.32. The molecule has 8 nitrogen and oxygen atoms in total. The normalized spacial score (nSPS) is 15.3. The lowest BCUT2D eigenvalue weighted by atomic mass is 9.93. The Morgan fingerprint density at radius 2 is 0.955 bits per heavy atom. The highest BCUT2D eigenvalue weighted by Crippen LogP contribution is 2.37. The molecular formula is C53H44F6O8. The number of carbonyl (C=O) groups excluding carboxylic acids is 3. The smallest absolute Gasteiger partial charge is 0.416 e. The third-order valence-corrected chi connectivity index (χ3v) is 11.6. The number of halogens is 6. The predicted octanol–water partition coefficient (Wildman–Crippen LogP) is 11.9. The van der Waals surface area contributed by atoms with Crippen molar-refractivity contribution in [3.8, 4) is 11.5 Å². The van der Waals surface area contributed by atoms with E-state index in [1.165, 1.54) is 19.2 Å². The topological polar surface area (TPSA) is 116 Å². The van der Waals surface area contributed by atoms with Crippen LogP contribution in [0.3, 0.4) is 0 Å². The van der Waals surface area contributed by atoms with Gasteiger partial charge in [-0.2, -0.15) is 26.3 Å². The molecule has 0 radical (unpaired) electrons. The summed E-state index contributed by atoms with van der Waals surface area (Å²) in [6, 6.07) is 31.5. The Kier molecular flexibility index (Phi) is 14.0. The summed E-state index contributed by atoms with van der Waals surface area (Å²) < 4.78 is 95.2. The molecule has 67 heavy (non-hydrogen) atoms. The number of aryl methyl sites for hydroxylation is 2. The summed E-state index contributed by atoms with van der Waals surface area (Å²) in [6.45, 7) is 3.75. The standard InChI is InChI=1S/C27H23F3O4.C26H21F3O4/c1-16-9-18(12-22(10-16)27(28,29)30)11-21-13-20-14-23(7-8-24(20)25(21)31)34-15-17-3-5-19(6-4-17)26(32)33-2;1-15-8-17(11-21(9-15)26(27,28)29)10-20-12-19-13-22(6-7-23(19)24(20)30)33-14-16-2-4-18(5-3-16)25(31)32/h3-10,12,14,21H,11,13,15H2,1-2H3;2-9,11,13,20H,10,12,14H2,1H3,(H,31,32). The van der Waals surface area contributed by atoms with Crippen molar-refractivity contribution in [2.45, 2.75) is 65.1 Å². The van der Waals surface area contributed by atoms with Gasteiger partial charge in [-0.25, -0.2) is 9.59 Å². The van der Waals surface area contributed by atoms with Crippen molar-refractivity contribution in [2.75, 3.05) is 7.11 Å². The first-order valence-corrected chi connectivity index (χ1v) is 21.2. The summed E-state index contributed by atoms with van der Waals surface area (Å²) in [6.07, 6.45) is -7.47. The second-order valence-corrected chi connectivity index (χ2v) is 16.8. The zero-order valence-electron chi connectivity index (χ0n) is 36.5. The highest BCUT2D eigenvalue weighted by molar-refractivity contribution is 6.03. The van der Waals surface area contributed by atoms with Gasteiger partial charge in [0, 0.05) is 23.0 Å². The van der Waals surface area contributed by atoms with Crippen molar-refractivity contribution in [3.05, 3.63) is 199 Å². The maximum Gasteiger partial charge on any atom is 0.416 e. The monoisotopic (exact) mass is 922 g/mol. The molecule has 1 N–H and O–H groups in total. The molecule has 2 unspecified atom stereocenters. The van der Waals surface area contributed by atoms with Gasteiger partial charge in [0.1, 0.15) is 24.7 Å². The quantitative estimate of drug-likeness (QED) is 0.0953. The number of carbonyl (C=O) groups is 4. The molecule has 2 aliphatic rings. The number of aromatic carboxylic acids is 1. The fourth-order valence-corrected chi connectivity index (χ4v) is 8.41. The number of hydrogen-bond acceptors (Lipinski definition) is 7. The molecule has 2 aliphatic carbocycles. The molecular weight excluding hydrogens is 879 g/mol. The fourth-order valence-electron chi connectivity index (χ4n) is 8.41. The van der Waals surface area contributed by atoms with Crippen LogP contribution >= 0.6 is 0 Å². The minimum atomic E-state index is -4.43. The summed E-state index contributed by atoms with van der Waals surface area (Å²) in [4.78, 5) is 48.2. The van der Waals surface area contributed by atoms with Gasteiger partial charge in [0.2, 0.25) is 0 Å². The molecule has 0 aliphatic heterocycles. The van der Waals surface area contributed by atoms with Crippen LogP contribution in [0.15, 0.2) is 121 Å². The number of Topliss-reactive ketones (excluding diaryl/α,β-unsaturated/α-hetero) is 2. The zero-order valence-corrected chi connectivity index (χ0v) is 36.5. The van der Waals surface area contributed by atoms with Crippen LogP contribution in [-0.4, -0.2) is 35.7 Å². The van der Waals surface area contributed by atoms with Gasteiger partial charge in [0.15, 0.2) is 11.6 Å². The number of carboxylic acids is 1. The molecule has 6 aromatic carbocycles. The van der Waals surface area contributed by atoms with Crippen molar-refractivity contribution in [2.24, 2.45) is 11.8 Å². The van der Waals surface area contributed by atoms with E-state index >= 15 is 0 Å². The largest absolute Gasteiger partial charge is 0.489 e. The Morgan fingerprint density at radius 3 is 1.33 bits per heavy atom. The molecule has 0 fully saturated rings. The van der Waals surface area contributed by atoms with Crippen LogP contribution in [0, 0.1) is 25.7 Å². The molecule has 346 valence electrons. The molecule has 0 heterocycles. The Balaban J connectivity index is 0.000000199. The van der Waals surface area contributed by atoms with E-state index in [1.54, 1.807) is 92.7 Å². The number of benzene rings is 6. The lowest BCUT2D eigenvalue weighted by Crippen LogP contribution is -2.13. The third kappa shape index (κ3) is 11.8. The van der Waals surface area contributed by atoms with E-state index in [2.05, 4.69) is 4.74 Å². The van der Waals surface area contributed by atoms with Gasteiger partial charge in [0.25, 0.3) is 0 Å². The van der Waals surface area contributed by atoms with Crippen molar-refractivity contribution in [1.29, 1.82) is 0 Å². The fraction of sp³-hybridized carbons (Fsp3) is 0.245. The van der Waals surface area contributed by atoms with E-state index in [1.807, 2.05) is 6.07 Å². The minimum absolute atomic E-state index is 0.0602. The second-order valence-electron chi connectivity index (χ2n) is 16.8. The molecule has 0 spiro atoms. The van der Waals surface area contributed by atoms with E-state index < -0.39 is 47.3 Å². The number of methoxy groups -OCH3 is 1. The van der Waals surface area contributed by atoms with Gasteiger partial charge in [0.05, 0.1) is 29.4 Å². The van der Waals surface area contributed by atoms with Crippen LogP contribution in [0.4, 0.5) is 26.3 Å². The summed E-state index contributed by atoms with van der Waals surface area (Å²) in [5.74, 6) is -1.20. The first kappa shape index (κ1) is 47.7. The van der Waals surface area contributed by atoms with E-state index in [0.29, 0.717) is 63.3 Å². The number of ether oxygens (including phenoxy) is 3. The number of ketones is 2. The Morgan fingerprint density at radius 1 is 0.552 bits per heavy atom. The van der Waals surface area contributed by atoms with Crippen LogP contribution in [0.1, 0.15) is 97.1 Å². The Labute approximate surface area is 382 Å². The average Bonchev–Trinajstić information content (AvgIpc) is 3.76. The molecule has 0 amide bonds. The van der Waals surface area contributed by atoms with Crippen LogP contribution < -0.4 is 9.47 Å². The Bertz CT molecular complexity index is 2830. The molecule has 2 atom stereocenters. The molecule has 0 bridgehead atoms. The van der Waals surface area contributed by atoms with Crippen LogP contribution in [-0.2, 0) is 56.0 Å². The molecule has 0 saturated carbocycles. The first-order chi connectivity index (χ1) is 31.7. The first-order valence-electron chi connectivity index (χ1n) is 21.2. The SMILES string of the molecule is COC(=O)c1ccc(COc2ccc3c(c2)CC(Cc2cc(C)cc(C(F)(F)F)c2)C3=O)cc1.Cc1cc(CC2Cc3cc(OCc4ccc(C(=O)O)cc4)ccc3C2=O)cc(C(F)(F)F)c1. The maximum absolute atomic E-state index is 13.2. The minimum Gasteiger partial charge on any atom is -0.489 e. The number of alkyl halides is 6. The summed E-state index contributed by atoms with van der Waals surface area (Å²) >= 11 is 0. The maximum atomic E-state index is 13.2. The van der Waals surface area contributed by atoms with Crippen LogP contribution in [0.2, 0.25) is 0 Å². The van der Waals surface area contributed by atoms with E-state index in [0.717, 1.165) is 46.5 Å². The second kappa shape index (κ2) is 19.7. The van der Waals surface area contributed by atoms with E-state index in [4.69, 9.17) is 14.6 Å². The number of fused-ring (bicyclic) bond motifs is 2. The van der Waals surface area contributed by atoms with Crippen LogP contribution in [0.5, 0.6) is 11.5 Å². The summed E-state index contributed by atoms with van der Waals surface area (Å²) in [5, 5.41) is 8.96. The Hall–Kier alpha value is -7.22. The van der Waals surface area contributed by atoms with Gasteiger partial charge < -0.3 is 19.3 Å². The van der Waals surface area contributed by atoms with Gasteiger partial charge in [-0.3, -0.25) is 9.59 Å². The third-order valence-electron chi connectivity index (χ3n) is 11.6. The average molecular weight is 923 g/mol. The number of rotatable bonds is 12. The molecule has 14 heteroatoms. The molecule has 6 aromatic rings. The van der Waals surface area contributed by atoms with Gasteiger partial charge in [-0.1, -0.05) is 47.5 Å². The number of esters is 1. The predicted molar refractivity (Wildman–Crippen MR) is 236 cm³/mol. The number of hydrogen-bond donors (Lipinski definition) is 1. The van der Waals surface area contributed by atoms with Crippen LogP contribution in [0.25, 0.3) is 0 Å². The van der Waals surface area contributed by atoms with Crippen molar-refractivity contribution >= 4 is 23.5 Å². The van der Waals surface area contributed by atoms with Crippen molar-refractivity contribution in [1.82, 2.24) is 0 Å². The molecule has 0 saturated heterocycles. The van der Waals surface area contributed by atoms with Gasteiger partial charge >= 0.3 is 24.3 Å². The van der Waals surface area contributed by atoms with Gasteiger partial charge in [-0.05, 0) is 158 Å². The highest BCUT2D eigenvalue weighted by Gasteiger charge is 2.35. The van der Waals surface area contributed by atoms with E-state index in [9.17, 15) is 45.5 Å². The highest BCUT2D eigenvalue weighted by atomic mass is 19.4.